The summed E-state index contributed by atoms with van der Waals surface area (Å²) >= 11 is 11.5. The van der Waals surface area contributed by atoms with Gasteiger partial charge in [0.2, 0.25) is 0 Å². The molecule has 3 nitrogen and oxygen atoms in total. The molecule has 0 bridgehead atoms. The first-order valence-electron chi connectivity index (χ1n) is 5.03. The Bertz CT molecular complexity index is 561. The first kappa shape index (κ1) is 11.6. The number of aromatic amines is 1. The molecule has 1 aromatic carbocycles. The normalized spacial score (nSPS) is 13.2. The van der Waals surface area contributed by atoms with E-state index in [1.165, 1.54) is 0 Å². The number of nitrogens with one attached hydrogen (secondary N) is 1. The zero-order valence-corrected chi connectivity index (χ0v) is 10.7. The Morgan fingerprint density at radius 3 is 3.00 bits per heavy atom. The van der Waals surface area contributed by atoms with Gasteiger partial charge in [-0.05, 0) is 31.3 Å². The van der Waals surface area contributed by atoms with Crippen LogP contribution in [0.25, 0.3) is 11.0 Å². The monoisotopic (exact) mass is 256 g/mol. The van der Waals surface area contributed by atoms with Crippen LogP contribution in [-0.4, -0.2) is 23.3 Å². The molecule has 1 heterocycles. The van der Waals surface area contributed by atoms with E-state index >= 15 is 0 Å². The van der Waals surface area contributed by atoms with Crippen molar-refractivity contribution < 1.29 is 4.74 Å². The van der Waals surface area contributed by atoms with Crippen molar-refractivity contribution in [2.45, 2.75) is 13.0 Å². The van der Waals surface area contributed by atoms with Crippen LogP contribution in [0.5, 0.6) is 0 Å². The van der Waals surface area contributed by atoms with Crippen molar-refractivity contribution in [2.24, 2.45) is 0 Å². The van der Waals surface area contributed by atoms with Crippen LogP contribution in [0.1, 0.15) is 13.0 Å². The van der Waals surface area contributed by atoms with Gasteiger partial charge in [-0.2, -0.15) is 0 Å². The number of para-hydroxylation sites is 1. The van der Waals surface area contributed by atoms with Crippen LogP contribution in [0.3, 0.4) is 0 Å². The lowest BCUT2D eigenvalue weighted by Crippen LogP contribution is -2.11. The second-order valence-electron chi connectivity index (χ2n) is 3.74. The van der Waals surface area contributed by atoms with Gasteiger partial charge in [0.15, 0.2) is 4.77 Å². The summed E-state index contributed by atoms with van der Waals surface area (Å²) in [6, 6.07) is 5.89. The van der Waals surface area contributed by atoms with Gasteiger partial charge in [-0.15, -0.1) is 0 Å². The smallest absolute Gasteiger partial charge is 0.178 e. The average Bonchev–Trinajstić information content (AvgIpc) is 2.56. The van der Waals surface area contributed by atoms with E-state index in [0.717, 1.165) is 11.0 Å². The van der Waals surface area contributed by atoms with Crippen molar-refractivity contribution in [2.75, 3.05) is 13.7 Å². The van der Waals surface area contributed by atoms with Crippen molar-refractivity contribution in [3.05, 3.63) is 28.0 Å². The van der Waals surface area contributed by atoms with Gasteiger partial charge in [0.25, 0.3) is 0 Å². The number of aromatic nitrogens is 2. The largest absolute Gasteiger partial charge is 0.383 e. The van der Waals surface area contributed by atoms with E-state index in [4.69, 9.17) is 28.6 Å². The maximum Gasteiger partial charge on any atom is 0.178 e. The topological polar surface area (TPSA) is 29.9 Å². The molecule has 1 atom stereocenters. The van der Waals surface area contributed by atoms with E-state index in [9.17, 15) is 0 Å². The summed E-state index contributed by atoms with van der Waals surface area (Å²) in [5.41, 5.74) is 1.90. The fourth-order valence-electron chi connectivity index (χ4n) is 1.87. The lowest BCUT2D eigenvalue weighted by molar-refractivity contribution is 0.163. The molecule has 86 valence electrons. The Morgan fingerprint density at radius 1 is 1.56 bits per heavy atom. The predicted molar refractivity (Wildman–Crippen MR) is 68.7 cm³/mol. The van der Waals surface area contributed by atoms with Gasteiger partial charge in [0.05, 0.1) is 28.7 Å². The number of rotatable bonds is 3. The Labute approximate surface area is 104 Å². The second-order valence-corrected chi connectivity index (χ2v) is 4.53. The highest BCUT2D eigenvalue weighted by Gasteiger charge is 2.12. The van der Waals surface area contributed by atoms with Gasteiger partial charge in [-0.1, -0.05) is 17.7 Å². The summed E-state index contributed by atoms with van der Waals surface area (Å²) in [7, 11) is 1.68. The molecular weight excluding hydrogens is 244 g/mol. The number of hydrogen-bond acceptors (Lipinski definition) is 2. The number of H-pyrrole nitrogens is 1. The third-order valence-corrected chi connectivity index (χ3v) is 3.14. The number of benzene rings is 1. The summed E-state index contributed by atoms with van der Waals surface area (Å²) in [4.78, 5) is 3.14. The van der Waals surface area contributed by atoms with Crippen molar-refractivity contribution >= 4 is 34.9 Å². The van der Waals surface area contributed by atoms with Crippen LogP contribution in [0.2, 0.25) is 5.02 Å². The summed E-state index contributed by atoms with van der Waals surface area (Å²) in [6.07, 6.45) is 0. The zero-order valence-electron chi connectivity index (χ0n) is 9.16. The molecule has 0 spiro atoms. The van der Waals surface area contributed by atoms with Crippen molar-refractivity contribution in [3.63, 3.8) is 0 Å². The SMILES string of the molecule is COCC(C)n1c(=S)[nH]c2cccc(Cl)c21. The summed E-state index contributed by atoms with van der Waals surface area (Å²) in [5, 5.41) is 0.702. The molecule has 0 saturated carbocycles. The molecule has 0 fully saturated rings. The average molecular weight is 257 g/mol. The predicted octanol–water partition coefficient (Wildman–Crippen LogP) is 3.56. The zero-order chi connectivity index (χ0) is 11.7. The van der Waals surface area contributed by atoms with Crippen molar-refractivity contribution in [1.82, 2.24) is 9.55 Å². The number of methoxy groups -OCH3 is 1. The van der Waals surface area contributed by atoms with Gasteiger partial charge >= 0.3 is 0 Å². The molecule has 0 radical (unpaired) electrons. The third kappa shape index (κ3) is 1.88. The lowest BCUT2D eigenvalue weighted by atomic mass is 10.3. The van der Waals surface area contributed by atoms with Crippen LogP contribution in [-0.2, 0) is 4.74 Å². The van der Waals surface area contributed by atoms with Crippen LogP contribution >= 0.6 is 23.8 Å². The molecule has 0 aliphatic carbocycles. The molecule has 0 saturated heterocycles. The minimum absolute atomic E-state index is 0.158. The summed E-state index contributed by atoms with van der Waals surface area (Å²) < 4.78 is 7.82. The highest BCUT2D eigenvalue weighted by Crippen LogP contribution is 2.26. The fraction of sp³-hybridized carbons (Fsp3) is 0.364. The fourth-order valence-corrected chi connectivity index (χ4v) is 2.52. The van der Waals surface area contributed by atoms with E-state index < -0.39 is 0 Å². The highest BCUT2D eigenvalue weighted by atomic mass is 35.5. The van der Waals surface area contributed by atoms with Crippen LogP contribution in [0, 0.1) is 4.77 Å². The summed E-state index contributed by atoms with van der Waals surface area (Å²) in [6.45, 7) is 2.66. The Morgan fingerprint density at radius 2 is 2.31 bits per heavy atom. The minimum Gasteiger partial charge on any atom is -0.383 e. The quantitative estimate of drug-likeness (QED) is 0.851. The van der Waals surface area contributed by atoms with E-state index in [2.05, 4.69) is 11.9 Å². The van der Waals surface area contributed by atoms with Crippen molar-refractivity contribution in [1.29, 1.82) is 0 Å². The third-order valence-electron chi connectivity index (χ3n) is 2.54. The molecule has 2 rings (SSSR count). The highest BCUT2D eigenvalue weighted by molar-refractivity contribution is 7.71. The molecule has 1 unspecified atom stereocenters. The van der Waals surface area contributed by atoms with Gasteiger partial charge in [0, 0.05) is 7.11 Å². The maximum absolute atomic E-state index is 6.19. The van der Waals surface area contributed by atoms with Gasteiger partial charge in [0.1, 0.15) is 0 Å². The first-order valence-corrected chi connectivity index (χ1v) is 5.81. The number of ether oxygens (including phenoxy) is 1. The van der Waals surface area contributed by atoms with E-state index in [-0.39, 0.29) is 6.04 Å². The number of fused-ring (bicyclic) bond motifs is 1. The maximum atomic E-state index is 6.19. The standard InChI is InChI=1S/C11H13ClN2OS/c1-7(6-15-2)14-10-8(12)4-3-5-9(10)13-11(14)16/h3-5,7H,6H2,1-2H3,(H,13,16). The second kappa shape index (κ2) is 4.57. The Hall–Kier alpha value is -0.840. The molecule has 0 aliphatic rings. The Kier molecular flexibility index (Phi) is 3.33. The number of hydrogen-bond donors (Lipinski definition) is 1. The van der Waals surface area contributed by atoms with Crippen LogP contribution in [0.4, 0.5) is 0 Å². The first-order chi connectivity index (χ1) is 7.65. The van der Waals surface area contributed by atoms with Gasteiger partial charge in [-0.3, -0.25) is 0 Å². The molecular formula is C11H13ClN2OS. The molecule has 1 aromatic heterocycles. The molecule has 1 N–H and O–H groups in total. The van der Waals surface area contributed by atoms with E-state index in [0.29, 0.717) is 16.4 Å². The van der Waals surface area contributed by atoms with Gasteiger partial charge in [-0.25, -0.2) is 0 Å². The molecule has 16 heavy (non-hydrogen) atoms. The lowest BCUT2D eigenvalue weighted by Gasteiger charge is -2.13. The molecule has 5 heteroatoms. The van der Waals surface area contributed by atoms with Gasteiger partial charge < -0.3 is 14.3 Å². The van der Waals surface area contributed by atoms with E-state index in [1.807, 2.05) is 22.8 Å². The number of imidazole rings is 1. The minimum atomic E-state index is 0.158. The Balaban J connectivity index is 2.68. The van der Waals surface area contributed by atoms with Crippen molar-refractivity contribution in [3.8, 4) is 0 Å². The molecule has 0 aliphatic heterocycles. The molecule has 0 amide bonds. The van der Waals surface area contributed by atoms with Crippen LogP contribution < -0.4 is 0 Å². The number of nitrogens with zero attached hydrogens (tertiary/aromatic N) is 1. The van der Waals surface area contributed by atoms with Crippen LogP contribution in [0.15, 0.2) is 18.2 Å². The number of halogens is 1. The van der Waals surface area contributed by atoms with E-state index in [1.54, 1.807) is 7.11 Å². The summed E-state index contributed by atoms with van der Waals surface area (Å²) in [5.74, 6) is 0. The molecule has 2 aromatic rings.